The minimum Gasteiger partial charge on any atom is -0.377 e. The Hall–Kier alpha value is -2.23. The molecule has 2 rings (SSSR count). The van der Waals surface area contributed by atoms with Crippen molar-refractivity contribution >= 4 is 11.2 Å². The van der Waals surface area contributed by atoms with Gasteiger partial charge in [0, 0.05) is 6.04 Å². The molecular weight excluding hydrogens is 245 g/mol. The van der Waals surface area contributed by atoms with E-state index in [1.807, 2.05) is 0 Å². The second kappa shape index (κ2) is 4.22. The highest BCUT2D eigenvalue weighted by Crippen LogP contribution is 2.24. The molecule has 0 saturated carbocycles. The molecule has 0 spiro atoms. The number of anilines is 1. The summed E-state index contributed by atoms with van der Waals surface area (Å²) in [6.07, 6.45) is 0. The molecular formula is C11H8F3N4. The van der Waals surface area contributed by atoms with Crippen molar-refractivity contribution in [2.45, 2.75) is 19.9 Å². The van der Waals surface area contributed by atoms with Crippen LogP contribution in [-0.2, 0) is 0 Å². The number of aromatic nitrogens is 2. The number of nitrogens with one attached hydrogen (secondary N) is 1. The van der Waals surface area contributed by atoms with Crippen LogP contribution in [0.15, 0.2) is 0 Å². The quantitative estimate of drug-likeness (QED) is 0.835. The summed E-state index contributed by atoms with van der Waals surface area (Å²) in [4.78, 5) is 0. The van der Waals surface area contributed by atoms with Gasteiger partial charge in [-0.15, -0.1) is 5.10 Å². The van der Waals surface area contributed by atoms with Crippen LogP contribution in [0.4, 0.5) is 18.9 Å². The SMILES string of the molecule is CC(C)Nc1c(F)[c]c2c(C#N)c(F)nn2c1F. The topological polar surface area (TPSA) is 53.1 Å². The van der Waals surface area contributed by atoms with Crippen LogP contribution in [0.3, 0.4) is 0 Å². The number of halogens is 3. The first kappa shape index (κ1) is 12.2. The Labute approximate surface area is 101 Å². The largest absolute Gasteiger partial charge is 0.377 e. The van der Waals surface area contributed by atoms with Gasteiger partial charge in [0.05, 0.1) is 6.07 Å². The highest BCUT2D eigenvalue weighted by molar-refractivity contribution is 5.63. The lowest BCUT2D eigenvalue weighted by Crippen LogP contribution is -2.15. The molecule has 0 atom stereocenters. The van der Waals surface area contributed by atoms with Crippen molar-refractivity contribution in [1.82, 2.24) is 9.61 Å². The van der Waals surface area contributed by atoms with Gasteiger partial charge in [-0.25, -0.2) is 4.39 Å². The second-order valence-corrected chi connectivity index (χ2v) is 3.94. The summed E-state index contributed by atoms with van der Waals surface area (Å²) in [5.74, 6) is -3.28. The van der Waals surface area contributed by atoms with E-state index in [0.717, 1.165) is 0 Å². The van der Waals surface area contributed by atoms with Gasteiger partial charge in [-0.2, -0.15) is 18.6 Å². The molecule has 2 aromatic rings. The van der Waals surface area contributed by atoms with Crippen LogP contribution in [0.2, 0.25) is 0 Å². The first-order chi connectivity index (χ1) is 8.45. The molecule has 0 aliphatic heterocycles. The normalized spacial score (nSPS) is 10.9. The number of hydrogen-bond donors (Lipinski definition) is 1. The Morgan fingerprint density at radius 3 is 2.61 bits per heavy atom. The fraction of sp³-hybridized carbons (Fsp3) is 0.273. The summed E-state index contributed by atoms with van der Waals surface area (Å²) in [6, 6.07) is 3.38. The number of nitrogens with zero attached hydrogens (tertiary/aromatic N) is 3. The molecule has 0 saturated heterocycles. The van der Waals surface area contributed by atoms with E-state index in [4.69, 9.17) is 5.26 Å². The summed E-state index contributed by atoms with van der Waals surface area (Å²) in [5.41, 5.74) is -1.35. The number of rotatable bonds is 2. The fourth-order valence-electron chi connectivity index (χ4n) is 1.52. The molecule has 1 radical (unpaired) electrons. The molecule has 93 valence electrons. The number of hydrogen-bond acceptors (Lipinski definition) is 3. The van der Waals surface area contributed by atoms with E-state index in [2.05, 4.69) is 16.5 Å². The summed E-state index contributed by atoms with van der Waals surface area (Å²) in [7, 11) is 0. The molecule has 18 heavy (non-hydrogen) atoms. The molecule has 2 heterocycles. The monoisotopic (exact) mass is 253 g/mol. The summed E-state index contributed by atoms with van der Waals surface area (Å²) in [5, 5.41) is 14.4. The summed E-state index contributed by atoms with van der Waals surface area (Å²) >= 11 is 0. The van der Waals surface area contributed by atoms with Crippen molar-refractivity contribution in [1.29, 1.82) is 5.26 Å². The third kappa shape index (κ3) is 1.76. The Balaban J connectivity index is 2.76. The predicted molar refractivity (Wildman–Crippen MR) is 57.4 cm³/mol. The molecule has 0 bridgehead atoms. The van der Waals surface area contributed by atoms with E-state index in [1.165, 1.54) is 6.07 Å². The van der Waals surface area contributed by atoms with Crippen LogP contribution in [0.25, 0.3) is 5.52 Å². The van der Waals surface area contributed by atoms with E-state index >= 15 is 0 Å². The molecule has 4 nitrogen and oxygen atoms in total. The Kier molecular flexibility index (Phi) is 2.87. The molecule has 0 aliphatic rings. The third-order valence-electron chi connectivity index (χ3n) is 2.23. The van der Waals surface area contributed by atoms with Crippen molar-refractivity contribution in [3.05, 3.63) is 29.3 Å². The van der Waals surface area contributed by atoms with Crippen LogP contribution in [-0.4, -0.2) is 15.7 Å². The van der Waals surface area contributed by atoms with Gasteiger partial charge >= 0.3 is 0 Å². The maximum atomic E-state index is 13.9. The van der Waals surface area contributed by atoms with Crippen molar-refractivity contribution in [3.63, 3.8) is 0 Å². The smallest absolute Gasteiger partial charge is 0.251 e. The zero-order valence-corrected chi connectivity index (χ0v) is 9.55. The van der Waals surface area contributed by atoms with Crippen molar-refractivity contribution in [3.8, 4) is 6.07 Å². The van der Waals surface area contributed by atoms with E-state index in [1.54, 1.807) is 13.8 Å². The van der Waals surface area contributed by atoms with Crippen molar-refractivity contribution < 1.29 is 13.2 Å². The molecule has 0 aromatic carbocycles. The first-order valence-corrected chi connectivity index (χ1v) is 5.10. The van der Waals surface area contributed by atoms with Crippen LogP contribution in [0.1, 0.15) is 19.4 Å². The average Bonchev–Trinajstić information content (AvgIpc) is 2.60. The van der Waals surface area contributed by atoms with Crippen LogP contribution in [0, 0.1) is 35.1 Å². The van der Waals surface area contributed by atoms with Crippen LogP contribution >= 0.6 is 0 Å². The van der Waals surface area contributed by atoms with Gasteiger partial charge in [-0.1, -0.05) is 0 Å². The van der Waals surface area contributed by atoms with Gasteiger partial charge < -0.3 is 5.32 Å². The zero-order valence-electron chi connectivity index (χ0n) is 9.55. The van der Waals surface area contributed by atoms with Gasteiger partial charge in [0.2, 0.25) is 5.95 Å². The minimum atomic E-state index is -1.16. The molecule has 0 fully saturated rings. The maximum Gasteiger partial charge on any atom is 0.251 e. The fourth-order valence-corrected chi connectivity index (χ4v) is 1.52. The minimum absolute atomic E-state index is 0.226. The van der Waals surface area contributed by atoms with Crippen molar-refractivity contribution in [2.75, 3.05) is 5.32 Å². The maximum absolute atomic E-state index is 13.9. The van der Waals surface area contributed by atoms with E-state index in [0.29, 0.717) is 4.52 Å². The zero-order chi connectivity index (χ0) is 13.4. The molecule has 0 amide bonds. The molecule has 2 aromatic heterocycles. The summed E-state index contributed by atoms with van der Waals surface area (Å²) < 4.78 is 41.3. The highest BCUT2D eigenvalue weighted by atomic mass is 19.1. The van der Waals surface area contributed by atoms with Crippen LogP contribution in [0.5, 0.6) is 0 Å². The van der Waals surface area contributed by atoms with E-state index in [9.17, 15) is 13.2 Å². The predicted octanol–water partition coefficient (Wildman–Crippen LogP) is 2.24. The Bertz CT molecular complexity index is 655. The lowest BCUT2D eigenvalue weighted by Gasteiger charge is -2.12. The third-order valence-corrected chi connectivity index (χ3v) is 2.23. The average molecular weight is 253 g/mol. The van der Waals surface area contributed by atoms with Gasteiger partial charge in [0.1, 0.15) is 22.8 Å². The first-order valence-electron chi connectivity index (χ1n) is 5.10. The Morgan fingerprint density at radius 2 is 2.06 bits per heavy atom. The second-order valence-electron chi connectivity index (χ2n) is 3.94. The van der Waals surface area contributed by atoms with Gasteiger partial charge in [0.15, 0.2) is 5.82 Å². The number of fused-ring (bicyclic) bond motifs is 1. The van der Waals surface area contributed by atoms with Gasteiger partial charge in [-0.05, 0) is 13.8 Å². The van der Waals surface area contributed by atoms with Crippen molar-refractivity contribution in [2.24, 2.45) is 0 Å². The highest BCUT2D eigenvalue weighted by Gasteiger charge is 2.21. The van der Waals surface area contributed by atoms with E-state index in [-0.39, 0.29) is 11.6 Å². The van der Waals surface area contributed by atoms with Gasteiger partial charge in [-0.3, -0.25) is 0 Å². The van der Waals surface area contributed by atoms with Gasteiger partial charge in [0.25, 0.3) is 5.95 Å². The van der Waals surface area contributed by atoms with E-state index < -0.39 is 29.0 Å². The molecule has 1 N–H and O–H groups in total. The molecule has 0 unspecified atom stereocenters. The number of pyridine rings is 1. The molecule has 7 heteroatoms. The lowest BCUT2D eigenvalue weighted by atomic mass is 10.2. The molecule has 0 aliphatic carbocycles. The standard InChI is InChI=1S/C11H8F3N4/c1-5(2)16-9-7(12)3-8-6(4-15)10(13)17-18(8)11(9)14/h5,16H,1-2H3. The van der Waals surface area contributed by atoms with Crippen LogP contribution < -0.4 is 5.32 Å². The Morgan fingerprint density at radius 1 is 1.39 bits per heavy atom. The number of nitriles is 1. The lowest BCUT2D eigenvalue weighted by molar-refractivity contribution is 0.501. The summed E-state index contributed by atoms with van der Waals surface area (Å²) in [6.45, 7) is 3.38.